The van der Waals surface area contributed by atoms with Gasteiger partial charge in [-0.1, -0.05) is 32.1 Å². The van der Waals surface area contributed by atoms with Crippen molar-refractivity contribution in [2.24, 2.45) is 5.92 Å². The summed E-state index contributed by atoms with van der Waals surface area (Å²) >= 11 is 5.56. The number of alkyl halides is 1. The van der Waals surface area contributed by atoms with E-state index < -0.39 is 18.2 Å². The molecule has 0 saturated heterocycles. The summed E-state index contributed by atoms with van der Waals surface area (Å²) in [7, 11) is 0. The number of carboxylic acid groups (broad SMARTS) is 1. The minimum Gasteiger partial charge on any atom is -0.465 e. The largest absolute Gasteiger partial charge is 0.465 e. The monoisotopic (exact) mass is 249 g/mol. The molecule has 1 rings (SSSR count). The zero-order valence-corrected chi connectivity index (χ0v) is 10.1. The first-order chi connectivity index (χ1) is 7.63. The molecule has 3 N–H and O–H groups in total. The fourth-order valence-corrected chi connectivity index (χ4v) is 2.58. The molecule has 0 radical (unpaired) electrons. The second kappa shape index (κ2) is 6.97. The summed E-state index contributed by atoms with van der Waals surface area (Å²) in [6.45, 7) is 0. The maximum Gasteiger partial charge on any atom is 0.404 e. The van der Waals surface area contributed by atoms with Gasteiger partial charge in [-0.3, -0.25) is 0 Å². The maximum absolute atomic E-state index is 10.6. The van der Waals surface area contributed by atoms with Crippen molar-refractivity contribution in [2.75, 3.05) is 5.88 Å². The molecule has 4 nitrogen and oxygen atoms in total. The molecule has 1 aliphatic carbocycles. The van der Waals surface area contributed by atoms with Crippen LogP contribution >= 0.6 is 11.6 Å². The van der Waals surface area contributed by atoms with Gasteiger partial charge in [0.2, 0.25) is 0 Å². The van der Waals surface area contributed by atoms with Crippen LogP contribution in [-0.2, 0) is 0 Å². The third-order valence-corrected chi connectivity index (χ3v) is 3.56. The molecule has 0 aromatic carbocycles. The average Bonchev–Trinajstić information content (AvgIpc) is 2.28. The van der Waals surface area contributed by atoms with Gasteiger partial charge in [-0.05, 0) is 12.3 Å². The maximum atomic E-state index is 10.6. The minimum absolute atomic E-state index is 0.0671. The van der Waals surface area contributed by atoms with Crippen molar-refractivity contribution in [3.8, 4) is 0 Å². The quantitative estimate of drug-likeness (QED) is 0.654. The topological polar surface area (TPSA) is 69.6 Å². The van der Waals surface area contributed by atoms with Crippen LogP contribution in [0.15, 0.2) is 0 Å². The molecule has 1 aliphatic rings. The van der Waals surface area contributed by atoms with Gasteiger partial charge in [-0.25, -0.2) is 4.79 Å². The first-order valence-electron chi connectivity index (χ1n) is 5.87. The Balaban J connectivity index is 2.44. The van der Waals surface area contributed by atoms with Gasteiger partial charge in [0.15, 0.2) is 0 Å². The normalized spacial score (nSPS) is 21.4. The summed E-state index contributed by atoms with van der Waals surface area (Å²) in [4.78, 5) is 10.6. The number of halogens is 1. The Morgan fingerprint density at radius 2 is 2.00 bits per heavy atom. The molecular formula is C11H20ClNO3. The molecule has 5 heteroatoms. The van der Waals surface area contributed by atoms with Crippen molar-refractivity contribution in [3.63, 3.8) is 0 Å². The molecule has 1 amide bonds. The molecule has 0 spiro atoms. The van der Waals surface area contributed by atoms with Crippen LogP contribution in [0.4, 0.5) is 4.79 Å². The van der Waals surface area contributed by atoms with Crippen LogP contribution < -0.4 is 5.32 Å². The smallest absolute Gasteiger partial charge is 0.404 e. The summed E-state index contributed by atoms with van der Waals surface area (Å²) in [5, 5.41) is 20.7. The molecule has 0 aromatic heterocycles. The van der Waals surface area contributed by atoms with E-state index in [4.69, 9.17) is 16.7 Å². The van der Waals surface area contributed by atoms with Crippen LogP contribution in [0.1, 0.15) is 38.5 Å². The van der Waals surface area contributed by atoms with Crippen LogP contribution in [0, 0.1) is 5.92 Å². The molecule has 94 valence electrons. The van der Waals surface area contributed by atoms with Crippen LogP contribution in [-0.4, -0.2) is 34.3 Å². The predicted molar refractivity (Wildman–Crippen MR) is 62.9 cm³/mol. The van der Waals surface area contributed by atoms with Gasteiger partial charge in [0, 0.05) is 0 Å². The second-order valence-electron chi connectivity index (χ2n) is 4.52. The summed E-state index contributed by atoms with van der Waals surface area (Å²) in [5.74, 6) is 0.584. The summed E-state index contributed by atoms with van der Waals surface area (Å²) in [6.07, 6.45) is 4.76. The molecule has 1 saturated carbocycles. The lowest BCUT2D eigenvalue weighted by molar-refractivity contribution is 0.118. The van der Waals surface area contributed by atoms with E-state index in [2.05, 4.69) is 5.32 Å². The standard InChI is InChI=1S/C11H20ClNO3/c12-7-10(14)9(13-11(15)16)6-8-4-2-1-3-5-8/h8-10,13-14H,1-7H2,(H,15,16). The highest BCUT2D eigenvalue weighted by Crippen LogP contribution is 2.28. The van der Waals surface area contributed by atoms with Crippen molar-refractivity contribution in [3.05, 3.63) is 0 Å². The number of hydrogen-bond acceptors (Lipinski definition) is 2. The molecule has 0 bridgehead atoms. The molecule has 0 aromatic rings. The van der Waals surface area contributed by atoms with E-state index in [9.17, 15) is 9.90 Å². The highest BCUT2D eigenvalue weighted by molar-refractivity contribution is 6.18. The Labute approximate surface area is 101 Å². The van der Waals surface area contributed by atoms with E-state index in [1.807, 2.05) is 0 Å². The zero-order chi connectivity index (χ0) is 12.0. The van der Waals surface area contributed by atoms with Gasteiger partial charge in [-0.2, -0.15) is 0 Å². The number of hydrogen-bond donors (Lipinski definition) is 3. The van der Waals surface area contributed by atoms with Crippen molar-refractivity contribution in [1.29, 1.82) is 0 Å². The highest BCUT2D eigenvalue weighted by Gasteiger charge is 2.25. The lowest BCUT2D eigenvalue weighted by Gasteiger charge is -2.28. The van der Waals surface area contributed by atoms with Gasteiger partial charge in [0.25, 0.3) is 0 Å². The van der Waals surface area contributed by atoms with Crippen molar-refractivity contribution in [2.45, 2.75) is 50.7 Å². The van der Waals surface area contributed by atoms with Gasteiger partial charge in [0.05, 0.1) is 18.0 Å². The van der Waals surface area contributed by atoms with Crippen LogP contribution in [0.2, 0.25) is 0 Å². The third kappa shape index (κ3) is 4.58. The Kier molecular flexibility index (Phi) is 5.91. The van der Waals surface area contributed by atoms with E-state index >= 15 is 0 Å². The van der Waals surface area contributed by atoms with E-state index in [1.54, 1.807) is 0 Å². The molecule has 16 heavy (non-hydrogen) atoms. The second-order valence-corrected chi connectivity index (χ2v) is 4.83. The highest BCUT2D eigenvalue weighted by atomic mass is 35.5. The van der Waals surface area contributed by atoms with Gasteiger partial charge in [-0.15, -0.1) is 11.6 Å². The van der Waals surface area contributed by atoms with Gasteiger partial charge >= 0.3 is 6.09 Å². The molecule has 0 aliphatic heterocycles. The van der Waals surface area contributed by atoms with E-state index in [1.165, 1.54) is 19.3 Å². The molecule has 2 atom stereocenters. The number of amides is 1. The third-order valence-electron chi connectivity index (χ3n) is 3.24. The first-order valence-corrected chi connectivity index (χ1v) is 6.40. The van der Waals surface area contributed by atoms with Crippen molar-refractivity contribution >= 4 is 17.7 Å². The Bertz CT molecular complexity index is 219. The molecule has 2 unspecified atom stereocenters. The zero-order valence-electron chi connectivity index (χ0n) is 9.36. The number of nitrogens with one attached hydrogen (secondary N) is 1. The fourth-order valence-electron chi connectivity index (χ4n) is 2.36. The number of aliphatic hydroxyl groups is 1. The SMILES string of the molecule is O=C(O)NC(CC1CCCCC1)C(O)CCl. The van der Waals surface area contributed by atoms with Crippen molar-refractivity contribution < 1.29 is 15.0 Å². The van der Waals surface area contributed by atoms with Gasteiger partial charge < -0.3 is 15.5 Å². The Hall–Kier alpha value is -0.480. The van der Waals surface area contributed by atoms with Crippen LogP contribution in [0.5, 0.6) is 0 Å². The predicted octanol–water partition coefficient (Wildman–Crippen LogP) is 2.19. The van der Waals surface area contributed by atoms with Crippen LogP contribution in [0.25, 0.3) is 0 Å². The average molecular weight is 250 g/mol. The van der Waals surface area contributed by atoms with Crippen molar-refractivity contribution in [1.82, 2.24) is 5.32 Å². The van der Waals surface area contributed by atoms with Gasteiger partial charge in [0.1, 0.15) is 0 Å². The summed E-state index contributed by atoms with van der Waals surface area (Å²) in [6, 6.07) is -0.432. The number of aliphatic hydroxyl groups excluding tert-OH is 1. The Morgan fingerprint density at radius 3 is 2.50 bits per heavy atom. The number of carbonyl (C=O) groups is 1. The first kappa shape index (κ1) is 13.6. The van der Waals surface area contributed by atoms with E-state index in [0.717, 1.165) is 12.8 Å². The number of rotatable bonds is 5. The lowest BCUT2D eigenvalue weighted by atomic mass is 9.84. The molecule has 1 fully saturated rings. The minimum atomic E-state index is -1.09. The van der Waals surface area contributed by atoms with Crippen LogP contribution in [0.3, 0.4) is 0 Å². The van der Waals surface area contributed by atoms with E-state index in [-0.39, 0.29) is 5.88 Å². The molecule has 0 heterocycles. The van der Waals surface area contributed by atoms with E-state index in [0.29, 0.717) is 12.3 Å². The fraction of sp³-hybridized carbons (Fsp3) is 0.909. The Morgan fingerprint density at radius 1 is 1.38 bits per heavy atom. The lowest BCUT2D eigenvalue weighted by Crippen LogP contribution is -2.45. The molecular weight excluding hydrogens is 230 g/mol. The summed E-state index contributed by atoms with van der Waals surface area (Å²) < 4.78 is 0. The summed E-state index contributed by atoms with van der Waals surface area (Å²) in [5.41, 5.74) is 0.